The molecule has 2 saturated heterocycles. The van der Waals surface area contributed by atoms with Crippen molar-refractivity contribution in [2.45, 2.75) is 36.5 Å². The second-order valence-electron chi connectivity index (χ2n) is 6.90. The Bertz CT molecular complexity index is 765. The number of amides is 2. The van der Waals surface area contributed by atoms with Gasteiger partial charge in [0, 0.05) is 25.9 Å². The molecule has 2 aliphatic heterocycles. The highest BCUT2D eigenvalue weighted by atomic mass is 32.1. The third-order valence-corrected chi connectivity index (χ3v) is 6.32. The number of pyridine rings is 1. The van der Waals surface area contributed by atoms with Crippen molar-refractivity contribution in [1.82, 2.24) is 14.8 Å². The van der Waals surface area contributed by atoms with Gasteiger partial charge in [-0.05, 0) is 25.5 Å². The maximum absolute atomic E-state index is 13.2. The lowest BCUT2D eigenvalue weighted by molar-refractivity contribution is -0.163. The highest BCUT2D eigenvalue weighted by molar-refractivity contribution is 7.82. The monoisotopic (exact) mass is 362 g/mol. The third kappa shape index (κ3) is 2.03. The van der Waals surface area contributed by atoms with Crippen LogP contribution in [0.4, 0.5) is 0 Å². The zero-order valence-electron chi connectivity index (χ0n) is 13.7. The predicted molar refractivity (Wildman–Crippen MR) is 94.8 cm³/mol. The Hall–Kier alpha value is -1.64. The number of carbonyl (C=O) groups excluding carboxylic acids is 2. The molecule has 0 aromatic carbocycles. The van der Waals surface area contributed by atoms with Gasteiger partial charge in [0.05, 0.1) is 17.5 Å². The number of thiol groups is 1. The molecule has 0 N–H and O–H groups in total. The van der Waals surface area contributed by atoms with Gasteiger partial charge in [-0.25, -0.2) is 0 Å². The molecule has 2 amide bonds. The van der Waals surface area contributed by atoms with E-state index >= 15 is 0 Å². The van der Waals surface area contributed by atoms with E-state index in [-0.39, 0.29) is 18.2 Å². The lowest BCUT2D eigenvalue weighted by atomic mass is 9.80. The molecule has 0 radical (unpaired) electrons. The fourth-order valence-corrected chi connectivity index (χ4v) is 4.62. The topological polar surface area (TPSA) is 77.3 Å². The summed E-state index contributed by atoms with van der Waals surface area (Å²) < 4.78 is 0. The summed E-state index contributed by atoms with van der Waals surface area (Å²) in [5, 5.41) is 8.74. The predicted octanol–water partition coefficient (Wildman–Crippen LogP) is 1.57. The Morgan fingerprint density at radius 1 is 1.42 bits per heavy atom. The summed E-state index contributed by atoms with van der Waals surface area (Å²) in [6.45, 7) is 3.44. The lowest BCUT2D eigenvalue weighted by Gasteiger charge is -2.51. The van der Waals surface area contributed by atoms with Crippen LogP contribution in [0.15, 0.2) is 24.5 Å². The van der Waals surface area contributed by atoms with Gasteiger partial charge in [0.15, 0.2) is 4.87 Å². The maximum atomic E-state index is 13.2. The fraction of sp³-hybridized carbons (Fsp3) is 0.500. The Kier molecular flexibility index (Phi) is 3.71. The van der Waals surface area contributed by atoms with Crippen molar-refractivity contribution in [1.29, 1.82) is 5.26 Å². The van der Waals surface area contributed by atoms with Crippen LogP contribution < -0.4 is 0 Å². The molecule has 1 aromatic rings. The molecule has 2 aliphatic rings. The largest absolute Gasteiger partial charge is 0.325 e. The molecule has 3 rings (SSSR count). The number of likely N-dealkylation sites (N-methyl/N-ethyl adjacent to an activating group) is 1. The molecule has 126 valence electrons. The Balaban J connectivity index is 2.24. The number of piperazine rings is 1. The average molecular weight is 362 g/mol. The van der Waals surface area contributed by atoms with Gasteiger partial charge in [-0.15, -0.1) is 12.6 Å². The van der Waals surface area contributed by atoms with Crippen molar-refractivity contribution in [2.75, 3.05) is 7.05 Å². The zero-order chi connectivity index (χ0) is 17.9. The van der Waals surface area contributed by atoms with Gasteiger partial charge in [-0.1, -0.05) is 15.3 Å². The lowest BCUT2D eigenvalue weighted by Crippen LogP contribution is -2.69. The zero-order valence-corrected chi connectivity index (χ0v) is 15.8. The van der Waals surface area contributed by atoms with Crippen LogP contribution >= 0.6 is 21.9 Å². The first-order chi connectivity index (χ1) is 11.1. The first-order valence-electron chi connectivity index (χ1n) is 7.54. The van der Waals surface area contributed by atoms with Gasteiger partial charge in [0.2, 0.25) is 0 Å². The van der Waals surface area contributed by atoms with Gasteiger partial charge in [-0.3, -0.25) is 14.6 Å². The number of fused-ring (bicyclic) bond motifs is 1. The number of carbonyl (C=O) groups is 2. The molecule has 0 bridgehead atoms. The van der Waals surface area contributed by atoms with Gasteiger partial charge in [-0.2, -0.15) is 5.26 Å². The van der Waals surface area contributed by atoms with Crippen LogP contribution in [-0.4, -0.2) is 43.8 Å². The summed E-state index contributed by atoms with van der Waals surface area (Å²) in [5.74, 6) is -0.534. The summed E-state index contributed by atoms with van der Waals surface area (Å²) in [5.41, 5.74) is -0.217. The minimum absolute atomic E-state index is 0.162. The molecule has 3 heterocycles. The van der Waals surface area contributed by atoms with Crippen LogP contribution in [0.25, 0.3) is 0 Å². The van der Waals surface area contributed by atoms with E-state index in [9.17, 15) is 14.9 Å². The standard InChI is InChI=1S/C16H19N4O2PS/c1-14(9-17)8-16(24)13(22)19(3)15(2,23)12(21)20(16)11(14)10-5-4-6-18-7-10/h4-7,11,24H,8,23H2,1-3H3/t11?,14-,15+,16+/m0/s1. The van der Waals surface area contributed by atoms with E-state index in [2.05, 4.69) is 32.9 Å². The molecule has 8 heteroatoms. The number of nitriles is 1. The molecule has 0 aliphatic carbocycles. The van der Waals surface area contributed by atoms with Crippen molar-refractivity contribution in [3.63, 3.8) is 0 Å². The molecule has 2 fully saturated rings. The second-order valence-corrected chi connectivity index (χ2v) is 8.76. The van der Waals surface area contributed by atoms with E-state index in [0.29, 0.717) is 0 Å². The fourth-order valence-electron chi connectivity index (χ4n) is 3.68. The van der Waals surface area contributed by atoms with Crippen LogP contribution in [0.3, 0.4) is 0 Å². The van der Waals surface area contributed by atoms with E-state index in [1.54, 1.807) is 39.4 Å². The number of hydrogen-bond donors (Lipinski definition) is 1. The van der Waals surface area contributed by atoms with Crippen molar-refractivity contribution < 1.29 is 9.59 Å². The van der Waals surface area contributed by atoms with E-state index in [0.717, 1.165) is 5.56 Å². The molecule has 1 aromatic heterocycles. The van der Waals surface area contributed by atoms with Crippen LogP contribution in [0, 0.1) is 16.7 Å². The summed E-state index contributed by atoms with van der Waals surface area (Å²) in [4.78, 5) is 31.8. The summed E-state index contributed by atoms with van der Waals surface area (Å²) >= 11 is 4.61. The normalized spacial score (nSPS) is 38.9. The van der Waals surface area contributed by atoms with Gasteiger partial charge < -0.3 is 9.80 Å². The third-order valence-electron chi connectivity index (χ3n) is 5.13. The SMILES string of the molecule is CN1C(=O)[C@]2(S)C[C@@](C)(C#N)C(c3cccnc3)N2C(=O)[C@@]1(C)P. The minimum Gasteiger partial charge on any atom is -0.325 e. The van der Waals surface area contributed by atoms with E-state index in [4.69, 9.17) is 0 Å². The molecule has 2 unspecified atom stereocenters. The minimum atomic E-state index is -1.34. The second kappa shape index (κ2) is 5.18. The van der Waals surface area contributed by atoms with Gasteiger partial charge in [0.25, 0.3) is 11.8 Å². The number of hydrogen-bond acceptors (Lipinski definition) is 5. The molecule has 5 atom stereocenters. The van der Waals surface area contributed by atoms with Crippen molar-refractivity contribution in [3.8, 4) is 6.07 Å². The summed E-state index contributed by atoms with van der Waals surface area (Å²) in [6.07, 6.45) is 3.43. The van der Waals surface area contributed by atoms with Crippen molar-refractivity contribution >= 4 is 33.7 Å². The number of nitrogens with zero attached hydrogens (tertiary/aromatic N) is 4. The first kappa shape index (κ1) is 17.2. The van der Waals surface area contributed by atoms with Crippen LogP contribution in [0.1, 0.15) is 31.9 Å². The molecule has 0 saturated carbocycles. The van der Waals surface area contributed by atoms with E-state index < -0.39 is 21.6 Å². The van der Waals surface area contributed by atoms with Gasteiger partial charge in [0.1, 0.15) is 5.28 Å². The summed E-state index contributed by atoms with van der Waals surface area (Å²) in [6, 6.07) is 5.30. The molecule has 0 spiro atoms. The van der Waals surface area contributed by atoms with Crippen LogP contribution in [-0.2, 0) is 9.59 Å². The molecule has 24 heavy (non-hydrogen) atoms. The highest BCUT2D eigenvalue weighted by Gasteiger charge is 2.68. The Labute approximate surface area is 148 Å². The maximum Gasteiger partial charge on any atom is 0.259 e. The van der Waals surface area contributed by atoms with E-state index in [1.165, 1.54) is 9.80 Å². The Morgan fingerprint density at radius 2 is 2.08 bits per heavy atom. The average Bonchev–Trinajstić information content (AvgIpc) is 2.81. The van der Waals surface area contributed by atoms with Crippen molar-refractivity contribution in [2.24, 2.45) is 5.41 Å². The number of aromatic nitrogens is 1. The van der Waals surface area contributed by atoms with Gasteiger partial charge >= 0.3 is 0 Å². The first-order valence-corrected chi connectivity index (χ1v) is 8.56. The molecular formula is C16H19N4O2PS. The van der Waals surface area contributed by atoms with Crippen molar-refractivity contribution in [3.05, 3.63) is 30.1 Å². The molecule has 6 nitrogen and oxygen atoms in total. The molecular weight excluding hydrogens is 343 g/mol. The quantitative estimate of drug-likeness (QED) is 0.608. The van der Waals surface area contributed by atoms with Crippen LogP contribution in [0.2, 0.25) is 0 Å². The number of rotatable bonds is 1. The highest BCUT2D eigenvalue weighted by Crippen LogP contribution is 2.59. The Morgan fingerprint density at radius 3 is 2.62 bits per heavy atom. The smallest absolute Gasteiger partial charge is 0.259 e. The van der Waals surface area contributed by atoms with Crippen LogP contribution in [0.5, 0.6) is 0 Å². The van der Waals surface area contributed by atoms with E-state index in [1.807, 2.05) is 6.07 Å². The summed E-state index contributed by atoms with van der Waals surface area (Å²) in [7, 11) is 4.03.